The van der Waals surface area contributed by atoms with E-state index in [1.165, 1.54) is 48.3 Å². The van der Waals surface area contributed by atoms with Gasteiger partial charge < -0.3 is 19.3 Å². The molecule has 2 aromatic rings. The maximum absolute atomic E-state index is 13.6. The van der Waals surface area contributed by atoms with E-state index in [0.717, 1.165) is 12.1 Å². The van der Waals surface area contributed by atoms with Gasteiger partial charge in [0.15, 0.2) is 11.5 Å². The van der Waals surface area contributed by atoms with Gasteiger partial charge in [0.1, 0.15) is 6.54 Å². The summed E-state index contributed by atoms with van der Waals surface area (Å²) in [7, 11) is -1.83. The van der Waals surface area contributed by atoms with Crippen molar-refractivity contribution < 1.29 is 40.7 Å². The topological polar surface area (TPSA) is 96.5 Å². The van der Waals surface area contributed by atoms with Crippen LogP contribution in [0.25, 0.3) is 0 Å². The number of benzene rings is 2. The van der Waals surface area contributed by atoms with Gasteiger partial charge in [0, 0.05) is 32.2 Å². The SMILES string of the molecule is COc1ccc(S(=O)(=O)N(CC(=O)N2CCN(C=O)CC2)c2cccc(C(F)(F)F)c2)cc1OC. The van der Waals surface area contributed by atoms with Crippen molar-refractivity contribution in [3.8, 4) is 11.5 Å². The summed E-state index contributed by atoms with van der Waals surface area (Å²) in [5.41, 5.74) is -1.39. The number of hydrogen-bond donors (Lipinski definition) is 0. The molecule has 13 heteroatoms. The molecule has 1 saturated heterocycles. The first kappa shape index (κ1) is 26.1. The smallest absolute Gasteiger partial charge is 0.416 e. The summed E-state index contributed by atoms with van der Waals surface area (Å²) < 4.78 is 78.2. The van der Waals surface area contributed by atoms with E-state index < -0.39 is 34.2 Å². The van der Waals surface area contributed by atoms with Crippen LogP contribution >= 0.6 is 0 Å². The van der Waals surface area contributed by atoms with Crippen LogP contribution in [0.15, 0.2) is 47.4 Å². The third kappa shape index (κ3) is 5.78. The normalized spacial score (nSPS) is 14.4. The van der Waals surface area contributed by atoms with Crippen molar-refractivity contribution in [1.82, 2.24) is 9.80 Å². The van der Waals surface area contributed by atoms with Crippen LogP contribution in [0.4, 0.5) is 18.9 Å². The van der Waals surface area contributed by atoms with Gasteiger partial charge in [0.05, 0.1) is 30.4 Å². The monoisotopic (exact) mass is 515 g/mol. The van der Waals surface area contributed by atoms with E-state index in [0.29, 0.717) is 16.8 Å². The molecule has 190 valence electrons. The van der Waals surface area contributed by atoms with Crippen LogP contribution in [0, 0.1) is 0 Å². The van der Waals surface area contributed by atoms with Gasteiger partial charge in [-0.05, 0) is 30.3 Å². The minimum absolute atomic E-state index is 0.0916. The Kier molecular flexibility index (Phi) is 7.78. The molecule has 9 nitrogen and oxygen atoms in total. The third-order valence-corrected chi connectivity index (χ3v) is 7.27. The standard InChI is InChI=1S/C22H24F3N3O6S/c1-33-19-7-6-18(13-20(19)34-2)35(31,32)28(17-5-3-4-16(12-17)22(23,24)25)14-21(30)27-10-8-26(15-29)9-11-27/h3-7,12-13,15H,8-11,14H2,1-2H3. The van der Waals surface area contributed by atoms with E-state index in [9.17, 15) is 31.2 Å². The van der Waals surface area contributed by atoms with Gasteiger partial charge in [0.2, 0.25) is 12.3 Å². The zero-order chi connectivity index (χ0) is 25.8. The van der Waals surface area contributed by atoms with Gasteiger partial charge in [-0.3, -0.25) is 13.9 Å². The fraction of sp³-hybridized carbons (Fsp3) is 0.364. The molecular weight excluding hydrogens is 491 g/mol. The van der Waals surface area contributed by atoms with Crippen molar-refractivity contribution in [3.05, 3.63) is 48.0 Å². The van der Waals surface area contributed by atoms with Gasteiger partial charge in [-0.2, -0.15) is 13.2 Å². The number of ether oxygens (including phenoxy) is 2. The molecule has 0 radical (unpaired) electrons. The Labute approximate surface area is 200 Å². The summed E-state index contributed by atoms with van der Waals surface area (Å²) in [6.07, 6.45) is -4.07. The lowest BCUT2D eigenvalue weighted by atomic mass is 10.2. The quantitative estimate of drug-likeness (QED) is 0.501. The number of anilines is 1. The highest BCUT2D eigenvalue weighted by Crippen LogP contribution is 2.35. The lowest BCUT2D eigenvalue weighted by Crippen LogP contribution is -2.51. The zero-order valence-electron chi connectivity index (χ0n) is 19.0. The van der Waals surface area contributed by atoms with Crippen LogP contribution in [-0.2, 0) is 25.8 Å². The zero-order valence-corrected chi connectivity index (χ0v) is 19.8. The predicted molar refractivity (Wildman–Crippen MR) is 120 cm³/mol. The summed E-state index contributed by atoms with van der Waals surface area (Å²) in [5.74, 6) is -0.271. The summed E-state index contributed by atoms with van der Waals surface area (Å²) >= 11 is 0. The minimum atomic E-state index is -4.72. The molecule has 0 unspecified atom stereocenters. The molecule has 3 rings (SSSR count). The number of amides is 2. The van der Waals surface area contributed by atoms with Gasteiger partial charge in [-0.25, -0.2) is 8.42 Å². The summed E-state index contributed by atoms with van der Waals surface area (Å²) in [6.45, 7) is 0.135. The molecule has 1 aliphatic heterocycles. The number of methoxy groups -OCH3 is 2. The van der Waals surface area contributed by atoms with Crippen molar-refractivity contribution in [3.63, 3.8) is 0 Å². The number of sulfonamides is 1. The number of carbonyl (C=O) groups is 2. The molecule has 0 aromatic heterocycles. The summed E-state index contributed by atoms with van der Waals surface area (Å²) in [5, 5.41) is 0. The highest BCUT2D eigenvalue weighted by Gasteiger charge is 2.34. The van der Waals surface area contributed by atoms with Gasteiger partial charge in [0.25, 0.3) is 10.0 Å². The maximum Gasteiger partial charge on any atom is 0.416 e. The Balaban J connectivity index is 2.03. The number of carbonyl (C=O) groups excluding carboxylic acids is 2. The second-order valence-corrected chi connectivity index (χ2v) is 9.46. The number of rotatable bonds is 8. The third-order valence-electron chi connectivity index (χ3n) is 5.50. The number of nitrogens with zero attached hydrogens (tertiary/aromatic N) is 3. The van der Waals surface area contributed by atoms with Crippen LogP contribution in [-0.4, -0.2) is 77.5 Å². The largest absolute Gasteiger partial charge is 0.493 e. The van der Waals surface area contributed by atoms with Crippen molar-refractivity contribution in [2.24, 2.45) is 0 Å². The van der Waals surface area contributed by atoms with Crippen molar-refractivity contribution >= 4 is 28.0 Å². The van der Waals surface area contributed by atoms with E-state index in [1.807, 2.05) is 0 Å². The van der Waals surface area contributed by atoms with E-state index in [1.54, 1.807) is 0 Å². The molecule has 1 fully saturated rings. The van der Waals surface area contributed by atoms with Crippen LogP contribution in [0.2, 0.25) is 0 Å². The predicted octanol–water partition coefficient (Wildman–Crippen LogP) is 2.22. The van der Waals surface area contributed by atoms with Gasteiger partial charge in [-0.1, -0.05) is 6.07 Å². The molecular formula is C22H24F3N3O6S. The van der Waals surface area contributed by atoms with E-state index in [-0.39, 0.29) is 48.3 Å². The first-order valence-electron chi connectivity index (χ1n) is 10.4. The number of halogens is 3. The fourth-order valence-electron chi connectivity index (χ4n) is 3.56. The van der Waals surface area contributed by atoms with Crippen LogP contribution in [0.1, 0.15) is 5.56 Å². The molecule has 2 aromatic carbocycles. The Bertz CT molecular complexity index is 1180. The van der Waals surface area contributed by atoms with Crippen LogP contribution in [0.3, 0.4) is 0 Å². The Morgan fingerprint density at radius 1 is 1.03 bits per heavy atom. The summed E-state index contributed by atoms with van der Waals surface area (Å²) in [6, 6.07) is 7.47. The first-order chi connectivity index (χ1) is 16.5. The average molecular weight is 516 g/mol. The molecule has 0 N–H and O–H groups in total. The Hall–Kier alpha value is -3.48. The molecule has 0 saturated carbocycles. The Morgan fingerprint density at radius 3 is 2.26 bits per heavy atom. The van der Waals surface area contributed by atoms with Crippen LogP contribution in [0.5, 0.6) is 11.5 Å². The minimum Gasteiger partial charge on any atom is -0.493 e. The second-order valence-electron chi connectivity index (χ2n) is 7.60. The highest BCUT2D eigenvalue weighted by atomic mass is 32.2. The highest BCUT2D eigenvalue weighted by molar-refractivity contribution is 7.92. The lowest BCUT2D eigenvalue weighted by Gasteiger charge is -2.34. The molecule has 1 heterocycles. The molecule has 0 aliphatic carbocycles. The number of hydrogen-bond acceptors (Lipinski definition) is 6. The van der Waals surface area contributed by atoms with E-state index >= 15 is 0 Å². The van der Waals surface area contributed by atoms with Crippen LogP contribution < -0.4 is 13.8 Å². The molecule has 1 aliphatic rings. The van der Waals surface area contributed by atoms with E-state index in [2.05, 4.69) is 0 Å². The van der Waals surface area contributed by atoms with E-state index in [4.69, 9.17) is 9.47 Å². The van der Waals surface area contributed by atoms with Crippen molar-refractivity contribution in [2.45, 2.75) is 11.1 Å². The molecule has 2 amide bonds. The molecule has 0 spiro atoms. The van der Waals surface area contributed by atoms with Crippen molar-refractivity contribution in [1.29, 1.82) is 0 Å². The van der Waals surface area contributed by atoms with Gasteiger partial charge in [-0.15, -0.1) is 0 Å². The fourth-order valence-corrected chi connectivity index (χ4v) is 4.98. The molecule has 35 heavy (non-hydrogen) atoms. The number of piperazine rings is 1. The summed E-state index contributed by atoms with van der Waals surface area (Å²) in [4.78, 5) is 26.5. The molecule has 0 atom stereocenters. The van der Waals surface area contributed by atoms with Crippen molar-refractivity contribution in [2.75, 3.05) is 51.2 Å². The number of alkyl halides is 3. The maximum atomic E-state index is 13.6. The molecule has 0 bridgehead atoms. The average Bonchev–Trinajstić information content (AvgIpc) is 2.86. The Morgan fingerprint density at radius 2 is 1.69 bits per heavy atom. The second kappa shape index (κ2) is 10.4. The van der Waals surface area contributed by atoms with Gasteiger partial charge >= 0.3 is 6.18 Å². The first-order valence-corrected chi connectivity index (χ1v) is 11.8. The lowest BCUT2D eigenvalue weighted by molar-refractivity contribution is -0.137.